The van der Waals surface area contributed by atoms with Crippen LogP contribution in [0.5, 0.6) is 0 Å². The van der Waals surface area contributed by atoms with Gasteiger partial charge in [-0.3, -0.25) is 9.59 Å². The van der Waals surface area contributed by atoms with E-state index in [1.54, 1.807) is 0 Å². The number of hydrogen-bond acceptors (Lipinski definition) is 4. The van der Waals surface area contributed by atoms with Crippen molar-refractivity contribution in [1.29, 1.82) is 0 Å². The fourth-order valence-corrected chi connectivity index (χ4v) is 1.89. The monoisotopic (exact) mass is 311 g/mol. The smallest absolute Gasteiger partial charge is 0.315 e. The average molecular weight is 311 g/mol. The van der Waals surface area contributed by atoms with Gasteiger partial charge in [-0.15, -0.1) is 0 Å². The van der Waals surface area contributed by atoms with Gasteiger partial charge >= 0.3 is 12.0 Å². The summed E-state index contributed by atoms with van der Waals surface area (Å²) in [5, 5.41) is 14.1. The average Bonchev–Trinajstić information content (AvgIpc) is 2.89. The molecule has 0 saturated carbocycles. The van der Waals surface area contributed by atoms with Gasteiger partial charge in [-0.05, 0) is 24.5 Å². The largest absolute Gasteiger partial charge is 0.481 e. The molecule has 0 saturated heterocycles. The lowest BCUT2D eigenvalue weighted by Gasteiger charge is -2.15. The van der Waals surface area contributed by atoms with Gasteiger partial charge in [0.1, 0.15) is 5.76 Å². The summed E-state index contributed by atoms with van der Waals surface area (Å²) in [6.07, 6.45) is 0.482. The summed E-state index contributed by atoms with van der Waals surface area (Å²) in [5.41, 5.74) is 5.04. The van der Waals surface area contributed by atoms with Gasteiger partial charge in [-0.2, -0.15) is 0 Å². The number of carbonyl (C=O) groups excluding carboxylic acids is 2. The number of urea groups is 1. The summed E-state index contributed by atoms with van der Waals surface area (Å²) in [5.74, 6) is -1.64. The molecule has 1 rings (SSSR count). The summed E-state index contributed by atoms with van der Waals surface area (Å²) >= 11 is 0. The van der Waals surface area contributed by atoms with Crippen molar-refractivity contribution in [2.24, 2.45) is 17.6 Å². The summed E-state index contributed by atoms with van der Waals surface area (Å²) < 4.78 is 5.10. The zero-order valence-corrected chi connectivity index (χ0v) is 12.6. The molecule has 1 unspecified atom stereocenters. The number of rotatable bonds is 8. The Bertz CT molecular complexity index is 538. The molecule has 0 aliphatic rings. The molecule has 1 atom stereocenters. The van der Waals surface area contributed by atoms with Crippen molar-refractivity contribution < 1.29 is 23.9 Å². The Balaban J connectivity index is 2.38. The highest BCUT2D eigenvalue weighted by Crippen LogP contribution is 2.11. The molecule has 0 fully saturated rings. The van der Waals surface area contributed by atoms with Crippen LogP contribution in [0.25, 0.3) is 0 Å². The minimum absolute atomic E-state index is 0.0140. The summed E-state index contributed by atoms with van der Waals surface area (Å²) in [6.45, 7) is 3.96. The Kier molecular flexibility index (Phi) is 6.43. The highest BCUT2D eigenvalue weighted by atomic mass is 16.4. The Labute approximate surface area is 128 Å². The van der Waals surface area contributed by atoms with E-state index < -0.39 is 23.8 Å². The number of primary amides is 1. The molecule has 0 aliphatic carbocycles. The fourth-order valence-electron chi connectivity index (χ4n) is 1.89. The number of carboxylic acids is 1. The van der Waals surface area contributed by atoms with E-state index in [4.69, 9.17) is 15.3 Å². The quantitative estimate of drug-likeness (QED) is 0.566. The molecule has 5 N–H and O–H groups in total. The van der Waals surface area contributed by atoms with Crippen LogP contribution in [-0.4, -0.2) is 29.6 Å². The van der Waals surface area contributed by atoms with Crippen LogP contribution in [0.15, 0.2) is 16.5 Å². The van der Waals surface area contributed by atoms with Crippen LogP contribution in [0, 0.1) is 11.8 Å². The Hall–Kier alpha value is -2.51. The first-order valence-corrected chi connectivity index (χ1v) is 6.92. The lowest BCUT2D eigenvalue weighted by atomic mass is 9.97. The number of amides is 3. The van der Waals surface area contributed by atoms with Crippen molar-refractivity contribution in [3.63, 3.8) is 0 Å². The van der Waals surface area contributed by atoms with E-state index in [1.165, 1.54) is 12.1 Å². The predicted octanol–water partition coefficient (Wildman–Crippen LogP) is 0.925. The SMILES string of the molecule is CC(C)CC(CNC(=O)NCc1ccc(C(N)=O)o1)C(=O)O. The number of carboxylic acid groups (broad SMARTS) is 1. The normalized spacial score (nSPS) is 12.0. The van der Waals surface area contributed by atoms with E-state index in [2.05, 4.69) is 10.6 Å². The highest BCUT2D eigenvalue weighted by Gasteiger charge is 2.19. The van der Waals surface area contributed by atoms with Gasteiger partial charge in [0.15, 0.2) is 5.76 Å². The van der Waals surface area contributed by atoms with Crippen LogP contribution in [0.1, 0.15) is 36.6 Å². The van der Waals surface area contributed by atoms with Crippen molar-refractivity contribution in [2.45, 2.75) is 26.8 Å². The van der Waals surface area contributed by atoms with E-state index >= 15 is 0 Å². The third-order valence-corrected chi connectivity index (χ3v) is 2.94. The number of nitrogens with two attached hydrogens (primary N) is 1. The summed E-state index contributed by atoms with van der Waals surface area (Å²) in [6, 6.07) is 2.44. The standard InChI is InChI=1S/C14H21N3O5/c1-8(2)5-9(13(19)20)6-16-14(21)17-7-10-3-4-11(22-10)12(15)18/h3-4,8-9H,5-7H2,1-2H3,(H2,15,18)(H,19,20)(H2,16,17,21). The fraction of sp³-hybridized carbons (Fsp3) is 0.500. The molecule has 1 heterocycles. The predicted molar refractivity (Wildman–Crippen MR) is 78.0 cm³/mol. The number of hydrogen-bond donors (Lipinski definition) is 4. The molecule has 0 aliphatic heterocycles. The number of aliphatic carboxylic acids is 1. The first-order valence-electron chi connectivity index (χ1n) is 6.92. The zero-order valence-electron chi connectivity index (χ0n) is 12.6. The minimum atomic E-state index is -0.939. The van der Waals surface area contributed by atoms with Crippen molar-refractivity contribution in [2.75, 3.05) is 6.54 Å². The first kappa shape index (κ1) is 17.5. The lowest BCUT2D eigenvalue weighted by Crippen LogP contribution is -2.39. The molecular weight excluding hydrogens is 290 g/mol. The highest BCUT2D eigenvalue weighted by molar-refractivity contribution is 5.89. The maximum atomic E-state index is 11.6. The molecule has 0 spiro atoms. The van der Waals surface area contributed by atoms with Gasteiger partial charge in [-0.1, -0.05) is 13.8 Å². The second-order valence-electron chi connectivity index (χ2n) is 5.36. The van der Waals surface area contributed by atoms with Gasteiger partial charge in [0, 0.05) is 6.54 Å². The molecule has 3 amide bonds. The molecule has 8 nitrogen and oxygen atoms in total. The lowest BCUT2D eigenvalue weighted by molar-refractivity contribution is -0.142. The first-order chi connectivity index (χ1) is 10.3. The van der Waals surface area contributed by atoms with Crippen LogP contribution in [0.2, 0.25) is 0 Å². The van der Waals surface area contributed by atoms with E-state index in [9.17, 15) is 14.4 Å². The molecule has 22 heavy (non-hydrogen) atoms. The Morgan fingerprint density at radius 2 is 1.95 bits per heavy atom. The van der Waals surface area contributed by atoms with Crippen LogP contribution >= 0.6 is 0 Å². The van der Waals surface area contributed by atoms with Crippen LogP contribution < -0.4 is 16.4 Å². The van der Waals surface area contributed by atoms with Crippen molar-refractivity contribution in [1.82, 2.24) is 10.6 Å². The third-order valence-electron chi connectivity index (χ3n) is 2.94. The van der Waals surface area contributed by atoms with Crippen LogP contribution in [0.3, 0.4) is 0 Å². The number of furan rings is 1. The molecule has 122 valence electrons. The molecular formula is C14H21N3O5. The Morgan fingerprint density at radius 3 is 2.45 bits per heavy atom. The molecule has 0 bridgehead atoms. The van der Waals surface area contributed by atoms with Crippen molar-refractivity contribution in [3.8, 4) is 0 Å². The summed E-state index contributed by atoms with van der Waals surface area (Å²) in [4.78, 5) is 33.5. The topological polar surface area (TPSA) is 135 Å². The van der Waals surface area contributed by atoms with Gasteiger partial charge < -0.3 is 25.9 Å². The van der Waals surface area contributed by atoms with E-state index in [0.717, 1.165) is 0 Å². The van der Waals surface area contributed by atoms with Crippen molar-refractivity contribution in [3.05, 3.63) is 23.7 Å². The maximum Gasteiger partial charge on any atom is 0.315 e. The van der Waals surface area contributed by atoms with Crippen LogP contribution in [0.4, 0.5) is 4.79 Å². The number of nitrogens with one attached hydrogen (secondary N) is 2. The maximum absolute atomic E-state index is 11.6. The Morgan fingerprint density at radius 1 is 1.27 bits per heavy atom. The van der Waals surface area contributed by atoms with E-state index in [1.807, 2.05) is 13.8 Å². The van der Waals surface area contributed by atoms with Crippen LogP contribution in [-0.2, 0) is 11.3 Å². The van der Waals surface area contributed by atoms with Gasteiger partial charge in [0.2, 0.25) is 0 Å². The molecule has 1 aromatic heterocycles. The number of carbonyl (C=O) groups is 3. The minimum Gasteiger partial charge on any atom is -0.481 e. The summed E-state index contributed by atoms with van der Waals surface area (Å²) in [7, 11) is 0. The molecule has 8 heteroatoms. The molecule has 0 aromatic carbocycles. The molecule has 0 radical (unpaired) electrons. The second kappa shape index (κ2) is 8.06. The molecule has 1 aromatic rings. The van der Waals surface area contributed by atoms with Gasteiger partial charge in [0.05, 0.1) is 12.5 Å². The third kappa shape index (κ3) is 5.86. The van der Waals surface area contributed by atoms with Crippen molar-refractivity contribution >= 4 is 17.9 Å². The zero-order chi connectivity index (χ0) is 16.7. The van der Waals surface area contributed by atoms with Gasteiger partial charge in [-0.25, -0.2) is 4.79 Å². The van der Waals surface area contributed by atoms with E-state index in [0.29, 0.717) is 12.2 Å². The van der Waals surface area contributed by atoms with Gasteiger partial charge in [0.25, 0.3) is 5.91 Å². The second-order valence-corrected chi connectivity index (χ2v) is 5.36. The van der Waals surface area contributed by atoms with E-state index in [-0.39, 0.29) is 24.8 Å².